The number of anilines is 1. The van der Waals surface area contributed by atoms with Crippen molar-refractivity contribution in [2.75, 3.05) is 18.2 Å². The van der Waals surface area contributed by atoms with E-state index in [4.69, 9.17) is 9.47 Å². The number of aromatic nitrogens is 3. The average Bonchev–Trinajstić information content (AvgIpc) is 3.24. The number of alkyl halides is 5. The normalized spacial score (nSPS) is 12.1. The van der Waals surface area contributed by atoms with E-state index in [0.29, 0.717) is 0 Å². The Balaban J connectivity index is 1.72. The Morgan fingerprint density at radius 1 is 1.10 bits per heavy atom. The number of ether oxygens (including phenoxy) is 2. The van der Waals surface area contributed by atoms with Gasteiger partial charge in [-0.3, -0.25) is 5.32 Å². The third-order valence-electron chi connectivity index (χ3n) is 5.28. The van der Waals surface area contributed by atoms with Gasteiger partial charge < -0.3 is 9.47 Å². The van der Waals surface area contributed by atoms with E-state index >= 15 is 0 Å². The average molecular weight is 570 g/mol. The van der Waals surface area contributed by atoms with Gasteiger partial charge in [0.1, 0.15) is 11.4 Å². The topological polar surface area (TPSA) is 112 Å². The molecule has 0 spiro atoms. The fourth-order valence-electron chi connectivity index (χ4n) is 3.58. The predicted octanol–water partition coefficient (Wildman–Crippen LogP) is 5.77. The van der Waals surface area contributed by atoms with Crippen LogP contribution < -0.4 is 14.8 Å². The summed E-state index contributed by atoms with van der Waals surface area (Å²) in [4.78, 5) is 16.6. The molecule has 39 heavy (non-hydrogen) atoms. The summed E-state index contributed by atoms with van der Waals surface area (Å²) in [6.07, 6.45) is -6.94. The zero-order chi connectivity index (χ0) is 28.5. The highest BCUT2D eigenvalue weighted by Gasteiger charge is 2.34. The molecule has 15 heteroatoms. The van der Waals surface area contributed by atoms with Crippen molar-refractivity contribution in [2.45, 2.75) is 24.4 Å². The number of carbonyl (C=O) groups is 1. The lowest BCUT2D eigenvalue weighted by Crippen LogP contribution is -2.17. The number of fused-ring (bicyclic) bond motifs is 1. The third kappa shape index (κ3) is 6.08. The molecule has 1 amide bonds. The lowest BCUT2D eigenvalue weighted by molar-refractivity contribution is -0.138. The second-order valence-electron chi connectivity index (χ2n) is 8.07. The first-order chi connectivity index (χ1) is 18.3. The van der Waals surface area contributed by atoms with Crippen molar-refractivity contribution >= 4 is 27.3 Å². The van der Waals surface area contributed by atoms with Crippen LogP contribution in [0.15, 0.2) is 59.6 Å². The maximum atomic E-state index is 13.9. The summed E-state index contributed by atoms with van der Waals surface area (Å²) in [5, 5.41) is 6.11. The van der Waals surface area contributed by atoms with Gasteiger partial charge in [-0.25, -0.2) is 31.5 Å². The standard InChI is InChI=1S/C24H19F5N4O5S/c1-3-37-19-9-13(7-8-16(19)24(27,28)29)17-11-18(21(25)26)33-22(32-17)20(12-30-33)38-23(34)31-14-5-4-6-15(10-14)39(2,35)36/h4-12,21H,3H2,1-2H3,(H,31,34). The zero-order valence-electron chi connectivity index (χ0n) is 20.2. The van der Waals surface area contributed by atoms with Crippen LogP contribution in [0.4, 0.5) is 32.4 Å². The summed E-state index contributed by atoms with van der Waals surface area (Å²) in [5.74, 6) is -0.851. The molecule has 0 fully saturated rings. The molecule has 0 aliphatic heterocycles. The first-order valence-electron chi connectivity index (χ1n) is 11.1. The molecular weight excluding hydrogens is 551 g/mol. The molecule has 0 atom stereocenters. The van der Waals surface area contributed by atoms with Crippen LogP contribution in [0, 0.1) is 0 Å². The van der Waals surface area contributed by atoms with E-state index in [9.17, 15) is 35.2 Å². The number of nitrogens with one attached hydrogen (secondary N) is 1. The van der Waals surface area contributed by atoms with Gasteiger partial charge in [0, 0.05) is 17.5 Å². The quantitative estimate of drug-likeness (QED) is 0.281. The molecule has 0 saturated heterocycles. The fraction of sp³-hybridized carbons (Fsp3) is 0.208. The van der Waals surface area contributed by atoms with Crippen LogP contribution in [0.5, 0.6) is 11.5 Å². The van der Waals surface area contributed by atoms with Crippen LogP contribution in [0.2, 0.25) is 0 Å². The molecule has 0 radical (unpaired) electrons. The van der Waals surface area contributed by atoms with E-state index in [1.54, 1.807) is 0 Å². The maximum Gasteiger partial charge on any atom is 0.419 e. The second kappa shape index (κ2) is 10.5. The predicted molar refractivity (Wildman–Crippen MR) is 129 cm³/mol. The Bertz CT molecular complexity index is 1650. The summed E-state index contributed by atoms with van der Waals surface area (Å²) < 4.78 is 102. The number of hydrogen-bond donors (Lipinski definition) is 1. The van der Waals surface area contributed by atoms with E-state index in [0.717, 1.165) is 41.2 Å². The first-order valence-corrected chi connectivity index (χ1v) is 13.0. The molecule has 4 rings (SSSR count). The van der Waals surface area contributed by atoms with Crippen molar-refractivity contribution in [2.24, 2.45) is 0 Å². The molecule has 0 aliphatic carbocycles. The highest BCUT2D eigenvalue weighted by Crippen LogP contribution is 2.39. The Kier molecular flexibility index (Phi) is 7.46. The number of amides is 1. The number of sulfone groups is 1. The van der Waals surface area contributed by atoms with Crippen LogP contribution in [0.1, 0.15) is 24.6 Å². The third-order valence-corrected chi connectivity index (χ3v) is 6.39. The molecule has 0 unspecified atom stereocenters. The van der Waals surface area contributed by atoms with Crippen molar-refractivity contribution in [3.63, 3.8) is 0 Å². The number of benzene rings is 2. The zero-order valence-corrected chi connectivity index (χ0v) is 21.0. The minimum Gasteiger partial charge on any atom is -0.493 e. The molecule has 2 aromatic heterocycles. The van der Waals surface area contributed by atoms with Gasteiger partial charge in [0.15, 0.2) is 21.2 Å². The van der Waals surface area contributed by atoms with Crippen molar-refractivity contribution in [3.05, 3.63) is 66.0 Å². The number of hydrogen-bond acceptors (Lipinski definition) is 7. The minimum atomic E-state index is -4.71. The second-order valence-corrected chi connectivity index (χ2v) is 10.1. The van der Waals surface area contributed by atoms with Crippen LogP contribution in [-0.4, -0.2) is 42.0 Å². The number of carbonyl (C=O) groups excluding carboxylic acids is 1. The molecule has 9 nitrogen and oxygen atoms in total. The monoisotopic (exact) mass is 570 g/mol. The fourth-order valence-corrected chi connectivity index (χ4v) is 4.25. The van der Waals surface area contributed by atoms with E-state index in [1.807, 2.05) is 0 Å². The van der Waals surface area contributed by atoms with Gasteiger partial charge in [0.05, 0.1) is 29.0 Å². The van der Waals surface area contributed by atoms with E-state index in [-0.39, 0.29) is 39.8 Å². The van der Waals surface area contributed by atoms with Crippen LogP contribution >= 0.6 is 0 Å². The van der Waals surface area contributed by atoms with Gasteiger partial charge >= 0.3 is 12.3 Å². The molecular formula is C24H19F5N4O5S. The lowest BCUT2D eigenvalue weighted by atomic mass is 10.1. The smallest absolute Gasteiger partial charge is 0.419 e. The largest absolute Gasteiger partial charge is 0.493 e. The molecule has 0 saturated carbocycles. The lowest BCUT2D eigenvalue weighted by Gasteiger charge is -2.15. The molecule has 0 bridgehead atoms. The first kappa shape index (κ1) is 27.8. The summed E-state index contributed by atoms with van der Waals surface area (Å²) in [6.45, 7) is 1.41. The van der Waals surface area contributed by atoms with E-state index in [1.165, 1.54) is 31.2 Å². The molecule has 0 aliphatic rings. The van der Waals surface area contributed by atoms with Gasteiger partial charge in [-0.2, -0.15) is 18.3 Å². The van der Waals surface area contributed by atoms with Crippen molar-refractivity contribution < 1.29 is 44.6 Å². The number of nitrogens with zero attached hydrogens (tertiary/aromatic N) is 3. The van der Waals surface area contributed by atoms with Crippen molar-refractivity contribution in [1.29, 1.82) is 0 Å². The highest BCUT2D eigenvalue weighted by molar-refractivity contribution is 7.90. The van der Waals surface area contributed by atoms with Crippen LogP contribution in [0.3, 0.4) is 0 Å². The van der Waals surface area contributed by atoms with E-state index < -0.39 is 45.5 Å². The van der Waals surface area contributed by atoms with Crippen molar-refractivity contribution in [1.82, 2.24) is 14.6 Å². The minimum absolute atomic E-state index is 0.0324. The number of halogens is 5. The molecule has 2 aromatic carbocycles. The Labute approximate surface area is 218 Å². The highest BCUT2D eigenvalue weighted by atomic mass is 32.2. The Morgan fingerprint density at radius 2 is 1.85 bits per heavy atom. The molecule has 4 aromatic rings. The number of rotatable bonds is 7. The van der Waals surface area contributed by atoms with Gasteiger partial charge in [-0.1, -0.05) is 12.1 Å². The van der Waals surface area contributed by atoms with E-state index in [2.05, 4.69) is 15.4 Å². The Hall–Kier alpha value is -4.27. The van der Waals surface area contributed by atoms with Gasteiger partial charge in [-0.05, 0) is 43.3 Å². The van der Waals surface area contributed by atoms with Crippen LogP contribution in [0.25, 0.3) is 16.9 Å². The van der Waals surface area contributed by atoms with Gasteiger partial charge in [-0.15, -0.1) is 0 Å². The summed E-state index contributed by atoms with van der Waals surface area (Å²) in [5.41, 5.74) is -2.07. The molecule has 2 heterocycles. The van der Waals surface area contributed by atoms with Crippen molar-refractivity contribution in [3.8, 4) is 22.8 Å². The summed E-state index contributed by atoms with van der Waals surface area (Å²) >= 11 is 0. The molecule has 1 N–H and O–H groups in total. The SMILES string of the molecule is CCOc1cc(-c2cc(C(F)F)n3ncc(OC(=O)Nc4cccc(S(C)(=O)=O)c4)c3n2)ccc1C(F)(F)F. The Morgan fingerprint density at radius 3 is 2.49 bits per heavy atom. The maximum absolute atomic E-state index is 13.9. The van der Waals surface area contributed by atoms with Gasteiger partial charge in [0.2, 0.25) is 0 Å². The molecule has 206 valence electrons. The summed E-state index contributed by atoms with van der Waals surface area (Å²) in [6, 6.07) is 9.09. The van der Waals surface area contributed by atoms with Crippen LogP contribution in [-0.2, 0) is 16.0 Å². The summed E-state index contributed by atoms with van der Waals surface area (Å²) in [7, 11) is -3.56. The van der Waals surface area contributed by atoms with Gasteiger partial charge in [0.25, 0.3) is 6.43 Å².